The second kappa shape index (κ2) is 5.41. The Morgan fingerprint density at radius 2 is 1.17 bits per heavy atom. The number of hydrogen-bond acceptors (Lipinski definition) is 0. The fourth-order valence-electron chi connectivity index (χ4n) is 2.03. The van der Waals surface area contributed by atoms with Gasteiger partial charge in [0.05, 0.1) is 0 Å². The standard InChI is InChI=1S/C17H13Si/c1-3-13-9-5-7-11-15(13)17(18)16-12-8-6-10-14(16)4-2/h1-2,5-12,17H,18H2. The van der Waals surface area contributed by atoms with Crippen molar-refractivity contribution in [2.24, 2.45) is 0 Å². The molecule has 0 atom stereocenters. The molecule has 2 rings (SSSR count). The van der Waals surface area contributed by atoms with Crippen molar-refractivity contribution in [3.63, 3.8) is 0 Å². The van der Waals surface area contributed by atoms with Crippen LogP contribution in [0.3, 0.4) is 0 Å². The topological polar surface area (TPSA) is 0 Å². The minimum absolute atomic E-state index is 0.226. The van der Waals surface area contributed by atoms with Gasteiger partial charge in [0, 0.05) is 21.4 Å². The Morgan fingerprint density at radius 1 is 0.778 bits per heavy atom. The Balaban J connectivity index is 2.53. The summed E-state index contributed by atoms with van der Waals surface area (Å²) in [5, 5.41) is 0. The highest BCUT2D eigenvalue weighted by Crippen LogP contribution is 2.26. The third-order valence-corrected chi connectivity index (χ3v) is 3.86. The van der Waals surface area contributed by atoms with Crippen molar-refractivity contribution in [1.29, 1.82) is 0 Å². The molecule has 0 fully saturated rings. The fraction of sp³-hybridized carbons (Fsp3) is 0.0588. The monoisotopic (exact) mass is 245 g/mol. The third-order valence-electron chi connectivity index (χ3n) is 2.98. The Bertz CT molecular complexity index is 584. The third kappa shape index (κ3) is 2.23. The van der Waals surface area contributed by atoms with Gasteiger partial charge in [-0.25, -0.2) is 0 Å². The van der Waals surface area contributed by atoms with Gasteiger partial charge in [-0.3, -0.25) is 0 Å². The van der Waals surface area contributed by atoms with E-state index in [0.29, 0.717) is 0 Å². The van der Waals surface area contributed by atoms with Crippen LogP contribution in [0.2, 0.25) is 0 Å². The van der Waals surface area contributed by atoms with Gasteiger partial charge < -0.3 is 0 Å². The number of benzene rings is 2. The molecular weight excluding hydrogens is 232 g/mol. The van der Waals surface area contributed by atoms with Gasteiger partial charge in [-0.15, -0.1) is 12.8 Å². The highest BCUT2D eigenvalue weighted by molar-refractivity contribution is 6.15. The molecule has 0 bridgehead atoms. The lowest BCUT2D eigenvalue weighted by Crippen LogP contribution is -2.05. The maximum atomic E-state index is 5.55. The molecule has 0 saturated heterocycles. The van der Waals surface area contributed by atoms with Crippen molar-refractivity contribution in [2.45, 2.75) is 5.54 Å². The first-order valence-corrected chi connectivity index (χ1v) is 6.53. The van der Waals surface area contributed by atoms with Crippen LogP contribution in [0.25, 0.3) is 0 Å². The summed E-state index contributed by atoms with van der Waals surface area (Å²) in [6.45, 7) is 0. The summed E-state index contributed by atoms with van der Waals surface area (Å²) in [4.78, 5) is 0. The van der Waals surface area contributed by atoms with Crippen molar-refractivity contribution in [1.82, 2.24) is 0 Å². The molecular formula is C17H13Si. The van der Waals surface area contributed by atoms with Crippen LogP contribution in [0.1, 0.15) is 27.8 Å². The summed E-state index contributed by atoms with van der Waals surface area (Å²) < 4.78 is 0. The minimum atomic E-state index is 0.226. The molecule has 85 valence electrons. The van der Waals surface area contributed by atoms with E-state index in [2.05, 4.69) is 24.0 Å². The van der Waals surface area contributed by atoms with E-state index in [4.69, 9.17) is 12.8 Å². The van der Waals surface area contributed by atoms with E-state index in [1.165, 1.54) is 0 Å². The van der Waals surface area contributed by atoms with E-state index < -0.39 is 0 Å². The van der Waals surface area contributed by atoms with Gasteiger partial charge in [-0.05, 0) is 28.8 Å². The minimum Gasteiger partial charge on any atom is -0.115 e. The lowest BCUT2D eigenvalue weighted by atomic mass is 9.96. The summed E-state index contributed by atoms with van der Waals surface area (Å²) in [6.07, 6.45) is 11.1. The van der Waals surface area contributed by atoms with Crippen LogP contribution in [0.4, 0.5) is 0 Å². The maximum absolute atomic E-state index is 5.55. The molecule has 0 spiro atoms. The molecule has 0 unspecified atom stereocenters. The van der Waals surface area contributed by atoms with Crippen molar-refractivity contribution in [3.05, 3.63) is 70.8 Å². The molecule has 2 aromatic carbocycles. The van der Waals surface area contributed by atoms with Gasteiger partial charge >= 0.3 is 0 Å². The van der Waals surface area contributed by atoms with Crippen LogP contribution < -0.4 is 0 Å². The molecule has 0 aliphatic carbocycles. The first-order chi connectivity index (χ1) is 8.77. The van der Waals surface area contributed by atoms with Crippen LogP contribution in [-0.2, 0) is 0 Å². The van der Waals surface area contributed by atoms with Crippen LogP contribution in [0.15, 0.2) is 48.5 Å². The van der Waals surface area contributed by atoms with Crippen molar-refractivity contribution in [2.75, 3.05) is 0 Å². The van der Waals surface area contributed by atoms with E-state index in [9.17, 15) is 0 Å². The lowest BCUT2D eigenvalue weighted by molar-refractivity contribution is 1.12. The van der Waals surface area contributed by atoms with Crippen molar-refractivity contribution < 1.29 is 0 Å². The van der Waals surface area contributed by atoms with E-state index in [1.807, 2.05) is 46.6 Å². The second-order valence-electron chi connectivity index (χ2n) is 4.02. The molecule has 1 radical (unpaired) electrons. The zero-order valence-corrected chi connectivity index (χ0v) is 11.5. The molecule has 0 saturated carbocycles. The SMILES string of the molecule is C#Cc1ccccc1C([SiH2])c1ccccc1C#C. The van der Waals surface area contributed by atoms with E-state index >= 15 is 0 Å². The molecule has 1 heteroatoms. The molecule has 0 N–H and O–H groups in total. The zero-order valence-electron chi connectivity index (χ0n) is 10.1. The maximum Gasteiger partial charge on any atom is 0.0277 e. The van der Waals surface area contributed by atoms with Crippen LogP contribution in [-0.4, -0.2) is 10.2 Å². The zero-order chi connectivity index (χ0) is 13.0. The van der Waals surface area contributed by atoms with E-state index in [0.717, 1.165) is 22.3 Å². The van der Waals surface area contributed by atoms with Crippen LogP contribution in [0.5, 0.6) is 0 Å². The highest BCUT2D eigenvalue weighted by atomic mass is 28.1. The molecule has 0 aliphatic heterocycles. The Morgan fingerprint density at radius 3 is 1.56 bits per heavy atom. The molecule has 0 nitrogen and oxygen atoms in total. The average Bonchev–Trinajstić information content (AvgIpc) is 2.46. The normalized spacial score (nSPS) is 9.78. The second-order valence-corrected chi connectivity index (χ2v) is 4.83. The molecule has 0 aliphatic rings. The molecule has 0 heterocycles. The molecule has 18 heavy (non-hydrogen) atoms. The number of rotatable bonds is 2. The van der Waals surface area contributed by atoms with Crippen LogP contribution >= 0.6 is 0 Å². The lowest BCUT2D eigenvalue weighted by Gasteiger charge is -2.16. The van der Waals surface area contributed by atoms with Gasteiger partial charge in [0.2, 0.25) is 0 Å². The van der Waals surface area contributed by atoms with Gasteiger partial charge in [-0.1, -0.05) is 48.2 Å². The summed E-state index contributed by atoms with van der Waals surface area (Å²) in [5.41, 5.74) is 4.40. The van der Waals surface area contributed by atoms with Gasteiger partial charge in [0.15, 0.2) is 0 Å². The fourth-order valence-corrected chi connectivity index (χ4v) is 2.74. The number of hydrogen-bond donors (Lipinski definition) is 0. The summed E-state index contributed by atoms with van der Waals surface area (Å²) in [6, 6.07) is 16.0. The van der Waals surface area contributed by atoms with Gasteiger partial charge in [-0.2, -0.15) is 0 Å². The predicted molar refractivity (Wildman–Crippen MR) is 79.1 cm³/mol. The van der Waals surface area contributed by atoms with Gasteiger partial charge in [0.1, 0.15) is 0 Å². The molecule has 2 aromatic rings. The molecule has 0 amide bonds. The predicted octanol–water partition coefficient (Wildman–Crippen LogP) is 2.37. The first-order valence-electron chi connectivity index (χ1n) is 5.72. The Labute approximate surface area is 111 Å². The largest absolute Gasteiger partial charge is 0.115 e. The summed E-state index contributed by atoms with van der Waals surface area (Å²) in [7, 11) is 1.90. The van der Waals surface area contributed by atoms with Crippen molar-refractivity contribution in [3.8, 4) is 24.7 Å². The quantitative estimate of drug-likeness (QED) is 0.563. The average molecular weight is 245 g/mol. The van der Waals surface area contributed by atoms with Crippen molar-refractivity contribution >= 4 is 10.2 Å². The highest BCUT2D eigenvalue weighted by Gasteiger charge is 2.13. The van der Waals surface area contributed by atoms with Gasteiger partial charge in [0.25, 0.3) is 0 Å². The first kappa shape index (κ1) is 12.2. The van der Waals surface area contributed by atoms with E-state index in [-0.39, 0.29) is 5.54 Å². The molecule has 0 aromatic heterocycles. The summed E-state index contributed by atoms with van der Waals surface area (Å²) in [5.74, 6) is 5.47. The smallest absolute Gasteiger partial charge is 0.0277 e. The van der Waals surface area contributed by atoms with E-state index in [1.54, 1.807) is 0 Å². The Kier molecular flexibility index (Phi) is 3.68. The summed E-state index contributed by atoms with van der Waals surface area (Å²) >= 11 is 0. The Hall–Kier alpha value is -2.22. The van der Waals surface area contributed by atoms with Crippen LogP contribution in [0, 0.1) is 24.7 Å². The number of terminal acetylenes is 2.